The molecule has 1 N–H and O–H groups in total. The maximum atomic E-state index is 11.9. The molecular formula is C24H31N3O3S2. The monoisotopic (exact) mass is 473 g/mol. The second-order valence-corrected chi connectivity index (χ2v) is 12.0. The first-order valence-corrected chi connectivity index (χ1v) is 14.2. The average molecular weight is 474 g/mol. The fraction of sp³-hybridized carbons (Fsp3) is 0.500. The summed E-state index contributed by atoms with van der Waals surface area (Å²) in [5, 5.41) is 3.77. The molecule has 0 atom stereocenters. The van der Waals surface area contributed by atoms with Crippen LogP contribution in [0.2, 0.25) is 0 Å². The number of nitrogens with one attached hydrogen (secondary N) is 1. The van der Waals surface area contributed by atoms with Gasteiger partial charge in [-0.2, -0.15) is 0 Å². The van der Waals surface area contributed by atoms with Crippen LogP contribution in [0.4, 0.5) is 22.7 Å². The van der Waals surface area contributed by atoms with E-state index in [1.807, 2.05) is 11.8 Å². The van der Waals surface area contributed by atoms with Gasteiger partial charge in [-0.05, 0) is 48.2 Å². The van der Waals surface area contributed by atoms with E-state index in [1.54, 1.807) is 0 Å². The highest BCUT2D eigenvalue weighted by Crippen LogP contribution is 2.50. The van der Waals surface area contributed by atoms with Gasteiger partial charge < -0.3 is 19.9 Å². The van der Waals surface area contributed by atoms with Gasteiger partial charge in [-0.15, -0.1) is 0 Å². The lowest BCUT2D eigenvalue weighted by Crippen LogP contribution is -2.40. The molecule has 32 heavy (non-hydrogen) atoms. The molecule has 0 saturated carbocycles. The number of morpholine rings is 1. The number of anilines is 4. The summed E-state index contributed by atoms with van der Waals surface area (Å²) in [6.07, 6.45) is 1.91. The van der Waals surface area contributed by atoms with Gasteiger partial charge in [0, 0.05) is 47.3 Å². The summed E-state index contributed by atoms with van der Waals surface area (Å²) >= 11 is 1.83. The van der Waals surface area contributed by atoms with Crippen molar-refractivity contribution in [3.05, 3.63) is 35.4 Å². The number of fused-ring (bicyclic) bond motifs is 2. The van der Waals surface area contributed by atoms with Gasteiger partial charge in [-0.3, -0.25) is 0 Å². The third kappa shape index (κ3) is 4.20. The molecule has 3 aliphatic rings. The Kier molecular flexibility index (Phi) is 6.03. The number of aryl methyl sites for hydroxylation is 2. The molecule has 2 aromatic rings. The van der Waals surface area contributed by atoms with Crippen LogP contribution in [-0.4, -0.2) is 59.3 Å². The predicted octanol–water partition coefficient (Wildman–Crippen LogP) is 4.09. The third-order valence-electron chi connectivity index (χ3n) is 6.65. The Bertz CT molecular complexity index is 1110. The van der Waals surface area contributed by atoms with Crippen molar-refractivity contribution in [1.29, 1.82) is 0 Å². The van der Waals surface area contributed by atoms with Crippen LogP contribution in [0.5, 0.6) is 0 Å². The van der Waals surface area contributed by atoms with Crippen molar-refractivity contribution in [2.75, 3.05) is 66.0 Å². The molecule has 2 aromatic carbocycles. The summed E-state index contributed by atoms with van der Waals surface area (Å²) in [5.74, 6) is 0.477. The Morgan fingerprint density at radius 2 is 1.34 bits per heavy atom. The Balaban J connectivity index is 1.50. The molecule has 5 rings (SSSR count). The van der Waals surface area contributed by atoms with Gasteiger partial charge >= 0.3 is 0 Å². The number of hydrogen-bond acceptors (Lipinski definition) is 7. The molecule has 0 radical (unpaired) electrons. The van der Waals surface area contributed by atoms with E-state index < -0.39 is 9.84 Å². The second kappa shape index (κ2) is 8.80. The van der Waals surface area contributed by atoms with Gasteiger partial charge in [0.05, 0.1) is 36.1 Å². The fourth-order valence-corrected chi connectivity index (χ4v) is 7.08. The van der Waals surface area contributed by atoms with Crippen molar-refractivity contribution >= 4 is 44.3 Å². The van der Waals surface area contributed by atoms with Crippen LogP contribution in [0.15, 0.2) is 34.1 Å². The van der Waals surface area contributed by atoms with E-state index in [0.717, 1.165) is 44.8 Å². The summed E-state index contributed by atoms with van der Waals surface area (Å²) in [6, 6.07) is 9.12. The highest BCUT2D eigenvalue weighted by atomic mass is 32.2. The van der Waals surface area contributed by atoms with Crippen LogP contribution in [0.1, 0.15) is 25.0 Å². The number of benzene rings is 2. The minimum absolute atomic E-state index is 0.239. The van der Waals surface area contributed by atoms with E-state index in [1.165, 1.54) is 38.0 Å². The third-order valence-corrected chi connectivity index (χ3v) is 9.35. The number of hydrogen-bond donors (Lipinski definition) is 1. The van der Waals surface area contributed by atoms with E-state index >= 15 is 0 Å². The van der Waals surface area contributed by atoms with Gasteiger partial charge in [0.2, 0.25) is 0 Å². The van der Waals surface area contributed by atoms with Crippen molar-refractivity contribution < 1.29 is 13.2 Å². The normalized spacial score (nSPS) is 19.8. The predicted molar refractivity (Wildman–Crippen MR) is 133 cm³/mol. The summed E-state index contributed by atoms with van der Waals surface area (Å²) in [4.78, 5) is 7.12. The van der Waals surface area contributed by atoms with Crippen LogP contribution < -0.4 is 15.1 Å². The van der Waals surface area contributed by atoms with Gasteiger partial charge in [0.25, 0.3) is 0 Å². The van der Waals surface area contributed by atoms with Crippen molar-refractivity contribution in [2.45, 2.75) is 36.5 Å². The molecule has 172 valence electrons. The standard InChI is InChI=1S/C24H31N3O3S2/c1-3-17-13-19(26-5-9-30-10-6-26)15-21-23(17)25-24-18(4-2)14-20(16-22(24)31-21)27-7-11-32(28,29)12-8-27/h13-16,25H,3-12H2,1-2H3. The van der Waals surface area contributed by atoms with Gasteiger partial charge in [0.15, 0.2) is 9.84 Å². The highest BCUT2D eigenvalue weighted by molar-refractivity contribution is 7.99. The highest BCUT2D eigenvalue weighted by Gasteiger charge is 2.26. The van der Waals surface area contributed by atoms with E-state index in [0.29, 0.717) is 13.1 Å². The summed E-state index contributed by atoms with van der Waals surface area (Å²) in [7, 11) is -2.89. The minimum atomic E-state index is -2.89. The molecule has 2 fully saturated rings. The lowest BCUT2D eigenvalue weighted by molar-refractivity contribution is 0.122. The molecule has 2 saturated heterocycles. The topological polar surface area (TPSA) is 61.9 Å². The zero-order valence-electron chi connectivity index (χ0n) is 18.8. The molecule has 0 aliphatic carbocycles. The molecule has 8 heteroatoms. The van der Waals surface area contributed by atoms with Crippen LogP contribution >= 0.6 is 11.8 Å². The van der Waals surface area contributed by atoms with Crippen molar-refractivity contribution in [1.82, 2.24) is 0 Å². The molecular weight excluding hydrogens is 442 g/mol. The summed E-state index contributed by atoms with van der Waals surface area (Å²) < 4.78 is 29.3. The van der Waals surface area contributed by atoms with E-state index in [2.05, 4.69) is 53.2 Å². The van der Waals surface area contributed by atoms with Gasteiger partial charge in [-0.1, -0.05) is 25.6 Å². The lowest BCUT2D eigenvalue weighted by atomic mass is 10.0. The largest absolute Gasteiger partial charge is 0.378 e. The van der Waals surface area contributed by atoms with Crippen LogP contribution in [0, 0.1) is 0 Å². The maximum absolute atomic E-state index is 11.9. The average Bonchev–Trinajstić information content (AvgIpc) is 2.82. The molecule has 6 nitrogen and oxygen atoms in total. The Hall–Kier alpha value is -1.90. The van der Waals surface area contributed by atoms with Gasteiger partial charge in [-0.25, -0.2) is 8.42 Å². The maximum Gasteiger partial charge on any atom is 0.153 e. The quantitative estimate of drug-likeness (QED) is 0.612. The first kappa shape index (κ1) is 21.9. The number of rotatable bonds is 4. The van der Waals surface area contributed by atoms with Crippen molar-refractivity contribution in [2.24, 2.45) is 0 Å². The Morgan fingerprint density at radius 1 is 0.844 bits per heavy atom. The number of sulfone groups is 1. The molecule has 0 aromatic heterocycles. The zero-order valence-corrected chi connectivity index (χ0v) is 20.4. The number of ether oxygens (including phenoxy) is 1. The van der Waals surface area contributed by atoms with E-state index in [9.17, 15) is 8.42 Å². The Labute approximate surface area is 195 Å². The molecule has 3 heterocycles. The SMILES string of the molecule is CCc1cc(N2CCOCC2)cc2c1Nc1c(CC)cc(N3CCS(=O)(=O)CC3)cc1S2. The first-order chi connectivity index (χ1) is 15.5. The molecule has 0 bridgehead atoms. The molecule has 3 aliphatic heterocycles. The zero-order chi connectivity index (χ0) is 22.3. The van der Waals surface area contributed by atoms with Crippen molar-refractivity contribution in [3.8, 4) is 0 Å². The molecule has 0 spiro atoms. The number of nitrogens with zero attached hydrogens (tertiary/aromatic N) is 2. The molecule has 0 unspecified atom stereocenters. The van der Waals surface area contributed by atoms with Gasteiger partial charge in [0.1, 0.15) is 0 Å². The smallest absolute Gasteiger partial charge is 0.153 e. The lowest BCUT2D eigenvalue weighted by Gasteiger charge is -2.33. The second-order valence-electron chi connectivity index (χ2n) is 8.63. The van der Waals surface area contributed by atoms with Crippen LogP contribution in [-0.2, 0) is 27.4 Å². The van der Waals surface area contributed by atoms with Crippen LogP contribution in [0.25, 0.3) is 0 Å². The molecule has 0 amide bonds. The van der Waals surface area contributed by atoms with Crippen molar-refractivity contribution in [3.63, 3.8) is 0 Å². The van der Waals surface area contributed by atoms with E-state index in [4.69, 9.17) is 4.74 Å². The van der Waals surface area contributed by atoms with E-state index in [-0.39, 0.29) is 11.5 Å². The fourth-order valence-electron chi connectivity index (χ4n) is 4.72. The minimum Gasteiger partial charge on any atom is -0.378 e. The van der Waals surface area contributed by atoms with Crippen LogP contribution in [0.3, 0.4) is 0 Å². The Morgan fingerprint density at radius 3 is 1.84 bits per heavy atom. The summed E-state index contributed by atoms with van der Waals surface area (Å²) in [6.45, 7) is 8.96. The summed E-state index contributed by atoms with van der Waals surface area (Å²) in [5.41, 5.74) is 7.46. The first-order valence-electron chi connectivity index (χ1n) is 11.5.